The van der Waals surface area contributed by atoms with Gasteiger partial charge in [0, 0.05) is 18.3 Å². The number of carbonyl (C=O) groups is 2. The van der Waals surface area contributed by atoms with Gasteiger partial charge in [0.1, 0.15) is 6.04 Å². The molecule has 2 aromatic rings. The molecule has 0 saturated carbocycles. The molecule has 0 aliphatic heterocycles. The molecule has 1 aromatic carbocycles. The number of aliphatic carboxylic acids is 1. The molecule has 0 saturated heterocycles. The smallest absolute Gasteiger partial charge is 0.326 e. The highest BCUT2D eigenvalue weighted by Gasteiger charge is 2.24. The van der Waals surface area contributed by atoms with E-state index >= 15 is 0 Å². The monoisotopic (exact) mass is 287 g/mol. The molecule has 6 heteroatoms. The van der Waals surface area contributed by atoms with Crippen molar-refractivity contribution in [3.05, 3.63) is 54.1 Å². The first kappa shape index (κ1) is 14.8. The maximum absolute atomic E-state index is 12.2. The Morgan fingerprint density at radius 1 is 1.33 bits per heavy atom. The van der Waals surface area contributed by atoms with Crippen molar-refractivity contribution < 1.29 is 14.7 Å². The maximum Gasteiger partial charge on any atom is 0.326 e. The van der Waals surface area contributed by atoms with Crippen LogP contribution >= 0.6 is 0 Å². The number of nitrogens with one attached hydrogen (secondary N) is 2. The summed E-state index contributed by atoms with van der Waals surface area (Å²) in [4.78, 5) is 30.1. The zero-order valence-corrected chi connectivity index (χ0v) is 11.6. The average Bonchev–Trinajstić information content (AvgIpc) is 2.99. The highest BCUT2D eigenvalue weighted by molar-refractivity contribution is 5.87. The van der Waals surface area contributed by atoms with Gasteiger partial charge in [0.15, 0.2) is 0 Å². The number of rotatable bonds is 6. The lowest BCUT2D eigenvalue weighted by atomic mass is 10.00. The summed E-state index contributed by atoms with van der Waals surface area (Å²) in [6.45, 7) is 1.75. The van der Waals surface area contributed by atoms with E-state index in [1.165, 1.54) is 6.33 Å². The van der Waals surface area contributed by atoms with Crippen LogP contribution in [0.1, 0.15) is 24.1 Å². The Hall–Kier alpha value is -2.63. The van der Waals surface area contributed by atoms with Crippen LogP contribution in [-0.4, -0.2) is 33.0 Å². The van der Waals surface area contributed by atoms with Crippen LogP contribution in [0.4, 0.5) is 0 Å². The summed E-state index contributed by atoms with van der Waals surface area (Å²) in [6, 6.07) is 8.26. The Morgan fingerprint density at radius 2 is 2.05 bits per heavy atom. The summed E-state index contributed by atoms with van der Waals surface area (Å²) < 4.78 is 0. The minimum atomic E-state index is -1.07. The van der Waals surface area contributed by atoms with Gasteiger partial charge in [-0.25, -0.2) is 9.78 Å². The number of carbonyl (C=O) groups excluding carboxylic acids is 1. The maximum atomic E-state index is 12.2. The van der Waals surface area contributed by atoms with Crippen molar-refractivity contribution in [3.8, 4) is 0 Å². The third kappa shape index (κ3) is 3.92. The number of imidazole rings is 1. The van der Waals surface area contributed by atoms with Gasteiger partial charge in [-0.1, -0.05) is 30.3 Å². The number of aromatic nitrogens is 2. The second-order valence-electron chi connectivity index (χ2n) is 4.81. The topological polar surface area (TPSA) is 95.1 Å². The first-order valence-electron chi connectivity index (χ1n) is 6.63. The summed E-state index contributed by atoms with van der Waals surface area (Å²) in [6.07, 6.45) is 3.19. The van der Waals surface area contributed by atoms with Gasteiger partial charge < -0.3 is 15.4 Å². The molecule has 2 atom stereocenters. The average molecular weight is 287 g/mol. The fourth-order valence-electron chi connectivity index (χ4n) is 2.01. The number of carboxylic acids is 1. The molecule has 110 valence electrons. The largest absolute Gasteiger partial charge is 0.480 e. The van der Waals surface area contributed by atoms with Crippen LogP contribution in [0.25, 0.3) is 0 Å². The van der Waals surface area contributed by atoms with Gasteiger partial charge in [-0.3, -0.25) is 4.79 Å². The van der Waals surface area contributed by atoms with E-state index in [1.54, 1.807) is 13.1 Å². The van der Waals surface area contributed by atoms with Crippen molar-refractivity contribution in [1.29, 1.82) is 0 Å². The Balaban J connectivity index is 2.03. The quantitative estimate of drug-likeness (QED) is 0.747. The molecular weight excluding hydrogens is 270 g/mol. The van der Waals surface area contributed by atoms with E-state index in [1.807, 2.05) is 30.3 Å². The number of benzene rings is 1. The van der Waals surface area contributed by atoms with E-state index < -0.39 is 17.9 Å². The van der Waals surface area contributed by atoms with Crippen LogP contribution < -0.4 is 5.32 Å². The van der Waals surface area contributed by atoms with Gasteiger partial charge in [0.2, 0.25) is 5.91 Å². The van der Waals surface area contributed by atoms with Gasteiger partial charge >= 0.3 is 5.97 Å². The van der Waals surface area contributed by atoms with Gasteiger partial charge in [-0.15, -0.1) is 0 Å². The van der Waals surface area contributed by atoms with Crippen molar-refractivity contribution in [2.24, 2.45) is 0 Å². The molecule has 0 spiro atoms. The van der Waals surface area contributed by atoms with Gasteiger partial charge in [-0.2, -0.15) is 0 Å². The molecule has 0 aliphatic carbocycles. The molecule has 6 nitrogen and oxygen atoms in total. The highest BCUT2D eigenvalue weighted by atomic mass is 16.4. The van der Waals surface area contributed by atoms with E-state index in [0.29, 0.717) is 5.69 Å². The highest BCUT2D eigenvalue weighted by Crippen LogP contribution is 2.15. The van der Waals surface area contributed by atoms with Crippen LogP contribution in [0.5, 0.6) is 0 Å². The summed E-state index contributed by atoms with van der Waals surface area (Å²) >= 11 is 0. The standard InChI is InChI=1S/C15H17N3O3/c1-10(11-5-3-2-4-6-11)14(19)18-13(15(20)21)7-12-8-16-9-17-12/h2-6,8-10,13H,7H2,1H3,(H,16,17)(H,18,19)(H,20,21)/t10?,13-/m1/s1. The molecule has 0 fully saturated rings. The Kier molecular flexibility index (Phi) is 4.71. The molecule has 1 heterocycles. The third-order valence-corrected chi connectivity index (χ3v) is 3.29. The molecule has 2 rings (SSSR count). The number of H-pyrrole nitrogens is 1. The molecular formula is C15H17N3O3. The molecule has 0 radical (unpaired) electrons. The van der Waals surface area contributed by atoms with Crippen molar-refractivity contribution >= 4 is 11.9 Å². The number of carboxylic acid groups (broad SMARTS) is 1. The van der Waals surface area contributed by atoms with Crippen LogP contribution in [0.2, 0.25) is 0 Å². The molecule has 0 bridgehead atoms. The summed E-state index contributed by atoms with van der Waals surface area (Å²) in [5.41, 5.74) is 1.51. The van der Waals surface area contributed by atoms with E-state index in [4.69, 9.17) is 0 Å². The number of aromatic amines is 1. The fraction of sp³-hybridized carbons (Fsp3) is 0.267. The molecule has 1 amide bonds. The first-order chi connectivity index (χ1) is 10.1. The zero-order chi connectivity index (χ0) is 15.2. The second kappa shape index (κ2) is 6.69. The van der Waals surface area contributed by atoms with E-state index in [9.17, 15) is 14.7 Å². The van der Waals surface area contributed by atoms with Crippen LogP contribution in [0.15, 0.2) is 42.9 Å². The normalized spacial score (nSPS) is 13.4. The number of hydrogen-bond donors (Lipinski definition) is 3. The lowest BCUT2D eigenvalue weighted by Crippen LogP contribution is -2.44. The summed E-state index contributed by atoms with van der Waals surface area (Å²) in [5, 5.41) is 11.8. The zero-order valence-electron chi connectivity index (χ0n) is 11.6. The Labute approximate surface area is 122 Å². The SMILES string of the molecule is CC(C(=O)N[C@H](Cc1cnc[nH]1)C(=O)O)c1ccccc1. The minimum absolute atomic E-state index is 0.169. The van der Waals surface area contributed by atoms with Crippen molar-refractivity contribution in [2.45, 2.75) is 25.3 Å². The van der Waals surface area contributed by atoms with Crippen molar-refractivity contribution in [3.63, 3.8) is 0 Å². The number of nitrogens with zero attached hydrogens (tertiary/aromatic N) is 1. The Morgan fingerprint density at radius 3 is 2.62 bits per heavy atom. The van der Waals surface area contributed by atoms with Crippen LogP contribution in [0.3, 0.4) is 0 Å². The van der Waals surface area contributed by atoms with Gasteiger partial charge in [0.05, 0.1) is 12.2 Å². The molecule has 3 N–H and O–H groups in total. The van der Waals surface area contributed by atoms with E-state index in [2.05, 4.69) is 15.3 Å². The summed E-state index contributed by atoms with van der Waals surface area (Å²) in [5.74, 6) is -1.79. The van der Waals surface area contributed by atoms with Gasteiger partial charge in [0.25, 0.3) is 0 Å². The second-order valence-corrected chi connectivity index (χ2v) is 4.81. The predicted octanol–water partition coefficient (Wildman–Crippen LogP) is 1.33. The fourth-order valence-corrected chi connectivity index (χ4v) is 2.01. The van der Waals surface area contributed by atoms with E-state index in [-0.39, 0.29) is 12.3 Å². The predicted molar refractivity (Wildman–Crippen MR) is 76.7 cm³/mol. The van der Waals surface area contributed by atoms with Gasteiger partial charge in [-0.05, 0) is 12.5 Å². The molecule has 21 heavy (non-hydrogen) atoms. The van der Waals surface area contributed by atoms with E-state index in [0.717, 1.165) is 5.56 Å². The molecule has 0 aliphatic rings. The number of amides is 1. The minimum Gasteiger partial charge on any atom is -0.480 e. The van der Waals surface area contributed by atoms with Crippen molar-refractivity contribution in [1.82, 2.24) is 15.3 Å². The third-order valence-electron chi connectivity index (χ3n) is 3.29. The lowest BCUT2D eigenvalue weighted by Gasteiger charge is -2.17. The molecule has 1 unspecified atom stereocenters. The first-order valence-corrected chi connectivity index (χ1v) is 6.63. The summed E-state index contributed by atoms with van der Waals surface area (Å²) in [7, 11) is 0. The lowest BCUT2D eigenvalue weighted by molar-refractivity contribution is -0.142. The van der Waals surface area contributed by atoms with Crippen LogP contribution in [-0.2, 0) is 16.0 Å². The van der Waals surface area contributed by atoms with Crippen LogP contribution in [0, 0.1) is 0 Å². The molecule has 1 aromatic heterocycles. The Bertz CT molecular complexity index is 596. The number of hydrogen-bond acceptors (Lipinski definition) is 3. The van der Waals surface area contributed by atoms with Crippen molar-refractivity contribution in [2.75, 3.05) is 0 Å².